The van der Waals surface area contributed by atoms with Gasteiger partial charge in [-0.15, -0.1) is 0 Å². The van der Waals surface area contributed by atoms with Crippen LogP contribution in [0.4, 0.5) is 4.39 Å². The van der Waals surface area contributed by atoms with E-state index in [2.05, 4.69) is 15.6 Å². The zero-order valence-electron chi connectivity index (χ0n) is 16.6. The fraction of sp³-hybridized carbons (Fsp3) is 0.409. The van der Waals surface area contributed by atoms with Gasteiger partial charge in [0.05, 0.1) is 30.7 Å². The van der Waals surface area contributed by atoms with Crippen LogP contribution in [-0.4, -0.2) is 53.3 Å². The molecule has 1 saturated heterocycles. The molecule has 0 spiro atoms. The van der Waals surface area contributed by atoms with E-state index >= 15 is 0 Å². The molecule has 3 atom stereocenters. The first-order valence-electron chi connectivity index (χ1n) is 10.0. The maximum absolute atomic E-state index is 13.8. The van der Waals surface area contributed by atoms with Crippen LogP contribution in [0.5, 0.6) is 0 Å². The highest BCUT2D eigenvalue weighted by molar-refractivity contribution is 5.94. The number of aliphatic hydroxyl groups excluding tert-OH is 1. The lowest BCUT2D eigenvalue weighted by molar-refractivity contribution is -0.121. The van der Waals surface area contributed by atoms with Crippen LogP contribution < -0.4 is 10.6 Å². The number of amides is 2. The lowest BCUT2D eigenvalue weighted by Crippen LogP contribution is -2.51. The normalized spacial score (nSPS) is 21.1. The van der Waals surface area contributed by atoms with E-state index in [1.165, 1.54) is 18.2 Å². The van der Waals surface area contributed by atoms with Gasteiger partial charge >= 0.3 is 0 Å². The van der Waals surface area contributed by atoms with Crippen molar-refractivity contribution in [3.63, 3.8) is 0 Å². The Labute approximate surface area is 174 Å². The average Bonchev–Trinajstić information content (AvgIpc) is 2.75. The van der Waals surface area contributed by atoms with Crippen molar-refractivity contribution in [3.05, 3.63) is 65.7 Å². The number of nitrogens with one attached hydrogen (secondary N) is 2. The Bertz CT molecular complexity index is 849. The monoisotopic (exact) mass is 415 g/mol. The smallest absolute Gasteiger partial charge is 0.254 e. The molecule has 160 valence electrons. The van der Waals surface area contributed by atoms with E-state index in [1.54, 1.807) is 24.4 Å². The van der Waals surface area contributed by atoms with Crippen molar-refractivity contribution < 1.29 is 23.8 Å². The molecule has 0 radical (unpaired) electrons. The van der Waals surface area contributed by atoms with Gasteiger partial charge in [0.2, 0.25) is 5.91 Å². The highest BCUT2D eigenvalue weighted by atomic mass is 19.1. The second-order valence-electron chi connectivity index (χ2n) is 7.25. The maximum atomic E-state index is 13.8. The van der Waals surface area contributed by atoms with E-state index in [4.69, 9.17) is 4.74 Å². The van der Waals surface area contributed by atoms with Gasteiger partial charge in [0.15, 0.2) is 0 Å². The minimum Gasteiger partial charge on any atom is -0.394 e. The number of benzene rings is 1. The number of pyridine rings is 1. The second kappa shape index (κ2) is 10.8. The first-order valence-corrected chi connectivity index (χ1v) is 10.0. The lowest BCUT2D eigenvalue weighted by atomic mass is 9.96. The number of hydrogen-bond donors (Lipinski definition) is 3. The summed E-state index contributed by atoms with van der Waals surface area (Å²) in [6.45, 7) is 0.186. The number of hydrogen-bond acceptors (Lipinski definition) is 5. The molecule has 1 aromatic heterocycles. The highest BCUT2D eigenvalue weighted by Crippen LogP contribution is 2.22. The molecule has 0 saturated carbocycles. The van der Waals surface area contributed by atoms with Crippen LogP contribution >= 0.6 is 0 Å². The molecule has 0 aliphatic carbocycles. The topological polar surface area (TPSA) is 101 Å². The van der Waals surface area contributed by atoms with Gasteiger partial charge in [0.1, 0.15) is 11.9 Å². The number of halogens is 1. The van der Waals surface area contributed by atoms with Gasteiger partial charge in [-0.2, -0.15) is 0 Å². The van der Waals surface area contributed by atoms with Crippen LogP contribution in [0.15, 0.2) is 48.7 Å². The summed E-state index contributed by atoms with van der Waals surface area (Å²) in [6.07, 6.45) is 3.00. The third-order valence-electron chi connectivity index (χ3n) is 5.09. The first kappa shape index (κ1) is 21.9. The third kappa shape index (κ3) is 6.08. The Hall–Kier alpha value is -2.84. The van der Waals surface area contributed by atoms with E-state index in [0.29, 0.717) is 31.5 Å². The molecular formula is C22H26FN3O4. The molecule has 2 aromatic rings. The molecule has 2 amide bonds. The van der Waals surface area contributed by atoms with Crippen LogP contribution in [-0.2, 0) is 16.0 Å². The summed E-state index contributed by atoms with van der Waals surface area (Å²) in [6, 6.07) is 10.8. The Morgan fingerprint density at radius 3 is 2.70 bits per heavy atom. The van der Waals surface area contributed by atoms with Crippen molar-refractivity contribution >= 4 is 11.8 Å². The van der Waals surface area contributed by atoms with Crippen LogP contribution in [0.1, 0.15) is 35.3 Å². The van der Waals surface area contributed by atoms with Crippen molar-refractivity contribution in [2.24, 2.45) is 0 Å². The van der Waals surface area contributed by atoms with E-state index < -0.39 is 23.9 Å². The Balaban J connectivity index is 1.43. The number of rotatable bonds is 8. The summed E-state index contributed by atoms with van der Waals surface area (Å²) in [5.74, 6) is -1.23. The maximum Gasteiger partial charge on any atom is 0.254 e. The van der Waals surface area contributed by atoms with E-state index in [1.807, 2.05) is 6.07 Å². The summed E-state index contributed by atoms with van der Waals surface area (Å²) < 4.78 is 19.7. The largest absolute Gasteiger partial charge is 0.394 e. The summed E-state index contributed by atoms with van der Waals surface area (Å²) in [5, 5.41) is 15.3. The second-order valence-corrected chi connectivity index (χ2v) is 7.25. The minimum atomic E-state index is -0.591. The molecule has 8 heteroatoms. The average molecular weight is 415 g/mol. The highest BCUT2D eigenvalue weighted by Gasteiger charge is 2.32. The molecular weight excluding hydrogens is 389 g/mol. The molecule has 7 nitrogen and oxygen atoms in total. The standard InChI is InChI=1S/C22H26FN3O4/c23-18-7-2-1-6-17(18)22(29)26-19-9-8-16(30-20(19)14-27)10-12-25-21(28)13-15-5-3-4-11-24-15/h1-7,11,16,19-20,27H,8-10,12-14H2,(H,25,28)(H,26,29)/t16-,19+,20+/m1/s1. The molecule has 2 heterocycles. The minimum absolute atomic E-state index is 0.0352. The molecule has 1 aromatic carbocycles. The van der Waals surface area contributed by atoms with Crippen LogP contribution in [0.3, 0.4) is 0 Å². The van der Waals surface area contributed by atoms with Gasteiger partial charge in [0, 0.05) is 18.4 Å². The van der Waals surface area contributed by atoms with Crippen molar-refractivity contribution in [2.45, 2.75) is 43.9 Å². The van der Waals surface area contributed by atoms with Gasteiger partial charge < -0.3 is 20.5 Å². The number of carbonyl (C=O) groups is 2. The number of ether oxygens (including phenoxy) is 1. The van der Waals surface area contributed by atoms with Crippen molar-refractivity contribution in [2.75, 3.05) is 13.2 Å². The summed E-state index contributed by atoms with van der Waals surface area (Å²) in [7, 11) is 0. The zero-order chi connectivity index (χ0) is 21.3. The summed E-state index contributed by atoms with van der Waals surface area (Å²) >= 11 is 0. The van der Waals surface area contributed by atoms with Crippen molar-refractivity contribution in [1.29, 1.82) is 0 Å². The van der Waals surface area contributed by atoms with Crippen LogP contribution in [0.2, 0.25) is 0 Å². The SMILES string of the molecule is O=C(Cc1ccccn1)NCC[C@H]1CC[C@H](NC(=O)c2ccccc2F)[C@H](CO)O1. The molecule has 1 aliphatic heterocycles. The molecule has 0 bridgehead atoms. The third-order valence-corrected chi connectivity index (χ3v) is 5.09. The van der Waals surface area contributed by atoms with Gasteiger partial charge in [-0.05, 0) is 43.5 Å². The number of aromatic nitrogens is 1. The Morgan fingerprint density at radius 1 is 1.17 bits per heavy atom. The van der Waals surface area contributed by atoms with Gasteiger partial charge in [-0.3, -0.25) is 14.6 Å². The predicted molar refractivity (Wildman–Crippen MR) is 108 cm³/mol. The van der Waals surface area contributed by atoms with Crippen LogP contribution in [0, 0.1) is 5.82 Å². The Morgan fingerprint density at radius 2 is 1.97 bits per heavy atom. The lowest BCUT2D eigenvalue weighted by Gasteiger charge is -2.36. The van der Waals surface area contributed by atoms with Crippen molar-refractivity contribution in [3.8, 4) is 0 Å². The summed E-state index contributed by atoms with van der Waals surface area (Å²) in [4.78, 5) is 28.5. The molecule has 3 rings (SSSR count). The fourth-order valence-corrected chi connectivity index (χ4v) is 3.50. The predicted octanol–water partition coefficient (Wildman–Crippen LogP) is 1.61. The van der Waals surface area contributed by atoms with E-state index in [9.17, 15) is 19.1 Å². The van der Waals surface area contributed by atoms with E-state index in [-0.39, 0.29) is 30.6 Å². The number of nitrogens with zero attached hydrogens (tertiary/aromatic N) is 1. The molecule has 3 N–H and O–H groups in total. The van der Waals surface area contributed by atoms with E-state index in [0.717, 1.165) is 0 Å². The van der Waals surface area contributed by atoms with Crippen LogP contribution in [0.25, 0.3) is 0 Å². The Kier molecular flexibility index (Phi) is 7.87. The fourth-order valence-electron chi connectivity index (χ4n) is 3.50. The number of aliphatic hydroxyl groups is 1. The molecule has 1 aliphatic rings. The van der Waals surface area contributed by atoms with Crippen molar-refractivity contribution in [1.82, 2.24) is 15.6 Å². The molecule has 30 heavy (non-hydrogen) atoms. The van der Waals surface area contributed by atoms with Gasteiger partial charge in [0.25, 0.3) is 5.91 Å². The quantitative estimate of drug-likeness (QED) is 0.608. The molecule has 0 unspecified atom stereocenters. The zero-order valence-corrected chi connectivity index (χ0v) is 16.6. The number of carbonyl (C=O) groups excluding carboxylic acids is 2. The molecule has 1 fully saturated rings. The van der Waals surface area contributed by atoms with Gasteiger partial charge in [-0.25, -0.2) is 4.39 Å². The first-order chi connectivity index (χ1) is 14.6. The summed E-state index contributed by atoms with van der Waals surface area (Å²) in [5.41, 5.74) is 0.671. The van der Waals surface area contributed by atoms with Gasteiger partial charge in [-0.1, -0.05) is 18.2 Å².